The number of nitrogens with two attached hydrogens (primary N) is 1. The molecule has 0 saturated carbocycles. The van der Waals surface area contributed by atoms with E-state index in [-0.39, 0.29) is 6.42 Å². The number of nitrogens with zero attached hydrogens (tertiary/aromatic N) is 1. The largest absolute Gasteiger partial charge is 0.480 e. The number of aromatic nitrogens is 2. The molecule has 1 heterocycles. The van der Waals surface area contributed by atoms with Crippen LogP contribution in [0.3, 0.4) is 0 Å². The van der Waals surface area contributed by atoms with Crippen molar-refractivity contribution in [2.45, 2.75) is 18.9 Å². The molecule has 0 spiro atoms. The van der Waals surface area contributed by atoms with Crippen LogP contribution in [-0.2, 0) is 11.2 Å². The van der Waals surface area contributed by atoms with E-state index >= 15 is 0 Å². The molecule has 0 radical (unpaired) electrons. The molecule has 100 valence electrons. The van der Waals surface area contributed by atoms with Crippen molar-refractivity contribution in [3.05, 3.63) is 18.2 Å². The molecule has 0 fully saturated rings. The Morgan fingerprint density at radius 1 is 1.56 bits per heavy atom. The molecule has 8 heteroatoms. The maximum absolute atomic E-state index is 11.4. The number of hydrogen-bond donors (Lipinski definition) is 5. The molecule has 0 aliphatic heterocycles. The fourth-order valence-electron chi connectivity index (χ4n) is 1.33. The van der Waals surface area contributed by atoms with E-state index in [2.05, 4.69) is 20.6 Å². The number of aromatic amines is 1. The lowest BCUT2D eigenvalue weighted by atomic mass is 10.2. The molecule has 0 unspecified atom stereocenters. The number of carbonyl (C=O) groups excluding carboxylic acids is 1. The van der Waals surface area contributed by atoms with Gasteiger partial charge in [-0.15, -0.1) is 0 Å². The highest BCUT2D eigenvalue weighted by atomic mass is 16.4. The third kappa shape index (κ3) is 4.83. The van der Waals surface area contributed by atoms with Gasteiger partial charge in [-0.25, -0.2) is 14.6 Å². The zero-order valence-electron chi connectivity index (χ0n) is 9.85. The summed E-state index contributed by atoms with van der Waals surface area (Å²) >= 11 is 0. The Morgan fingerprint density at radius 2 is 2.33 bits per heavy atom. The number of nitrogens with one attached hydrogen (secondary N) is 3. The van der Waals surface area contributed by atoms with E-state index in [1.165, 1.54) is 12.5 Å². The lowest BCUT2D eigenvalue weighted by Gasteiger charge is -2.14. The Labute approximate surface area is 104 Å². The van der Waals surface area contributed by atoms with Crippen LogP contribution in [0, 0.1) is 0 Å². The molecule has 0 aliphatic carbocycles. The lowest BCUT2D eigenvalue weighted by molar-refractivity contribution is -0.139. The molecule has 1 aromatic heterocycles. The minimum atomic E-state index is -1.10. The van der Waals surface area contributed by atoms with Crippen LogP contribution >= 0.6 is 0 Å². The molecule has 8 nitrogen and oxygen atoms in total. The molecular weight excluding hydrogens is 238 g/mol. The van der Waals surface area contributed by atoms with Gasteiger partial charge in [0.05, 0.1) is 6.33 Å². The molecule has 1 atom stereocenters. The summed E-state index contributed by atoms with van der Waals surface area (Å²) < 4.78 is 0. The molecule has 0 aromatic carbocycles. The van der Waals surface area contributed by atoms with Gasteiger partial charge in [0.15, 0.2) is 0 Å². The first kappa shape index (κ1) is 14.0. The summed E-state index contributed by atoms with van der Waals surface area (Å²) in [6.45, 7) is 0.884. The predicted octanol–water partition coefficient (Wildman–Crippen LogP) is -0.947. The number of carboxylic acid groups (broad SMARTS) is 1. The van der Waals surface area contributed by atoms with E-state index in [9.17, 15) is 9.59 Å². The number of carbonyl (C=O) groups is 2. The monoisotopic (exact) mass is 255 g/mol. The molecule has 0 bridgehead atoms. The van der Waals surface area contributed by atoms with Crippen molar-refractivity contribution in [1.29, 1.82) is 0 Å². The minimum Gasteiger partial charge on any atom is -0.480 e. The van der Waals surface area contributed by atoms with E-state index in [4.69, 9.17) is 10.8 Å². The van der Waals surface area contributed by atoms with Gasteiger partial charge in [-0.1, -0.05) is 0 Å². The molecule has 18 heavy (non-hydrogen) atoms. The number of aliphatic carboxylic acids is 1. The van der Waals surface area contributed by atoms with Gasteiger partial charge in [0, 0.05) is 24.9 Å². The Morgan fingerprint density at radius 3 is 2.89 bits per heavy atom. The first-order valence-corrected chi connectivity index (χ1v) is 5.58. The maximum atomic E-state index is 11.4. The number of urea groups is 1. The molecule has 2 amide bonds. The average molecular weight is 255 g/mol. The molecule has 1 aromatic rings. The van der Waals surface area contributed by atoms with E-state index in [1.54, 1.807) is 0 Å². The Bertz CT molecular complexity index is 379. The smallest absolute Gasteiger partial charge is 0.326 e. The van der Waals surface area contributed by atoms with Crippen molar-refractivity contribution in [2.75, 3.05) is 13.1 Å². The summed E-state index contributed by atoms with van der Waals surface area (Å²) in [5.74, 6) is -1.10. The van der Waals surface area contributed by atoms with E-state index in [1.807, 2.05) is 0 Å². The van der Waals surface area contributed by atoms with Crippen molar-refractivity contribution in [1.82, 2.24) is 20.6 Å². The predicted molar refractivity (Wildman–Crippen MR) is 63.9 cm³/mol. The zero-order valence-corrected chi connectivity index (χ0v) is 9.85. The van der Waals surface area contributed by atoms with Crippen LogP contribution in [0.15, 0.2) is 12.5 Å². The number of imidazole rings is 1. The van der Waals surface area contributed by atoms with Crippen LogP contribution in [0.25, 0.3) is 0 Å². The van der Waals surface area contributed by atoms with Crippen molar-refractivity contribution in [3.63, 3.8) is 0 Å². The van der Waals surface area contributed by atoms with E-state index in [0.717, 1.165) is 0 Å². The minimum absolute atomic E-state index is 0.152. The van der Waals surface area contributed by atoms with Gasteiger partial charge in [0.25, 0.3) is 0 Å². The van der Waals surface area contributed by atoms with Crippen molar-refractivity contribution in [2.24, 2.45) is 5.73 Å². The standard InChI is InChI=1S/C10H17N5O3/c11-2-1-3-13-10(18)15-8(9(16)17)4-7-5-12-6-14-7/h5-6,8H,1-4,11H2,(H,12,14)(H,16,17)(H2,13,15,18)/t8-/m0/s1. The molecule has 0 saturated heterocycles. The maximum Gasteiger partial charge on any atom is 0.326 e. The summed E-state index contributed by atoms with van der Waals surface area (Å²) in [5, 5.41) is 13.9. The van der Waals surface area contributed by atoms with Gasteiger partial charge in [-0.3, -0.25) is 0 Å². The first-order valence-electron chi connectivity index (χ1n) is 5.58. The Balaban J connectivity index is 2.42. The van der Waals surface area contributed by atoms with E-state index in [0.29, 0.717) is 25.2 Å². The molecule has 0 aliphatic rings. The zero-order chi connectivity index (χ0) is 13.4. The average Bonchev–Trinajstić information content (AvgIpc) is 2.81. The first-order chi connectivity index (χ1) is 8.63. The fraction of sp³-hybridized carbons (Fsp3) is 0.500. The third-order valence-corrected chi connectivity index (χ3v) is 2.25. The summed E-state index contributed by atoms with van der Waals surface area (Å²) in [6, 6.07) is -1.52. The topological polar surface area (TPSA) is 133 Å². The van der Waals surface area contributed by atoms with Gasteiger partial charge in [-0.2, -0.15) is 0 Å². The molecular formula is C10H17N5O3. The second kappa shape index (κ2) is 7.28. The van der Waals surface area contributed by atoms with Crippen LogP contribution in [-0.4, -0.2) is 46.2 Å². The molecule has 1 rings (SSSR count). The SMILES string of the molecule is NCCCNC(=O)N[C@@H](Cc1cnc[nH]1)C(=O)O. The lowest BCUT2D eigenvalue weighted by Crippen LogP contribution is -2.47. The second-order valence-corrected chi connectivity index (χ2v) is 3.71. The van der Waals surface area contributed by atoms with Crippen molar-refractivity contribution in [3.8, 4) is 0 Å². The highest BCUT2D eigenvalue weighted by molar-refractivity contribution is 5.82. The number of H-pyrrole nitrogens is 1. The summed E-state index contributed by atoms with van der Waals surface area (Å²) in [6.07, 6.45) is 3.77. The number of amides is 2. The van der Waals surface area contributed by atoms with E-state index < -0.39 is 18.0 Å². The van der Waals surface area contributed by atoms with Crippen LogP contribution in [0.5, 0.6) is 0 Å². The van der Waals surface area contributed by atoms with Gasteiger partial charge in [0.2, 0.25) is 0 Å². The van der Waals surface area contributed by atoms with Gasteiger partial charge in [0.1, 0.15) is 6.04 Å². The summed E-state index contributed by atoms with van der Waals surface area (Å²) in [5.41, 5.74) is 5.92. The third-order valence-electron chi connectivity index (χ3n) is 2.25. The molecule has 6 N–H and O–H groups in total. The van der Waals surface area contributed by atoms with Crippen LogP contribution in [0.4, 0.5) is 4.79 Å². The fourth-order valence-corrected chi connectivity index (χ4v) is 1.33. The van der Waals surface area contributed by atoms with Crippen LogP contribution in [0.2, 0.25) is 0 Å². The Kier molecular flexibility index (Phi) is 5.65. The Hall–Kier alpha value is -2.09. The van der Waals surface area contributed by atoms with Crippen LogP contribution < -0.4 is 16.4 Å². The quantitative estimate of drug-likeness (QED) is 0.401. The number of hydrogen-bond acceptors (Lipinski definition) is 4. The van der Waals surface area contributed by atoms with Gasteiger partial charge in [-0.05, 0) is 13.0 Å². The number of rotatable bonds is 7. The van der Waals surface area contributed by atoms with Gasteiger partial charge < -0.3 is 26.5 Å². The van der Waals surface area contributed by atoms with Crippen molar-refractivity contribution < 1.29 is 14.7 Å². The van der Waals surface area contributed by atoms with Crippen LogP contribution in [0.1, 0.15) is 12.1 Å². The normalized spacial score (nSPS) is 11.8. The highest BCUT2D eigenvalue weighted by Crippen LogP contribution is 1.98. The summed E-state index contributed by atoms with van der Waals surface area (Å²) in [4.78, 5) is 29.0. The second-order valence-electron chi connectivity index (χ2n) is 3.71. The highest BCUT2D eigenvalue weighted by Gasteiger charge is 2.20. The summed E-state index contributed by atoms with van der Waals surface area (Å²) in [7, 11) is 0. The van der Waals surface area contributed by atoms with Crippen molar-refractivity contribution >= 4 is 12.0 Å². The number of carboxylic acids is 1. The van der Waals surface area contributed by atoms with Gasteiger partial charge >= 0.3 is 12.0 Å².